The number of benzene rings is 1. The first-order valence-corrected chi connectivity index (χ1v) is 6.09. The van der Waals surface area contributed by atoms with E-state index in [4.69, 9.17) is 10.5 Å². The van der Waals surface area contributed by atoms with Gasteiger partial charge in [-0.1, -0.05) is 0 Å². The average Bonchev–Trinajstić information content (AvgIpc) is 2.37. The van der Waals surface area contributed by atoms with Gasteiger partial charge in [0.25, 0.3) is 0 Å². The molecule has 1 aliphatic heterocycles. The maximum Gasteiger partial charge on any atom is 0.416 e. The molecule has 1 heterocycles. The molecule has 1 atom stereocenters. The first-order chi connectivity index (χ1) is 8.88. The van der Waals surface area contributed by atoms with Crippen LogP contribution in [-0.4, -0.2) is 13.2 Å². The first kappa shape index (κ1) is 14.3. The maximum atomic E-state index is 13.3. The SMILES string of the molecule is N[C@H](c1cc(F)cc(C(F)(F)F)c1)C1CCOCC1. The van der Waals surface area contributed by atoms with Crippen LogP contribution in [-0.2, 0) is 10.9 Å². The Labute approximate surface area is 108 Å². The van der Waals surface area contributed by atoms with E-state index in [9.17, 15) is 17.6 Å². The van der Waals surface area contributed by atoms with E-state index in [1.807, 2.05) is 0 Å². The van der Waals surface area contributed by atoms with Crippen LogP contribution < -0.4 is 5.73 Å². The van der Waals surface area contributed by atoms with Crippen molar-refractivity contribution < 1.29 is 22.3 Å². The lowest BCUT2D eigenvalue weighted by atomic mass is 9.87. The van der Waals surface area contributed by atoms with Gasteiger partial charge in [-0.05, 0) is 42.5 Å². The second kappa shape index (κ2) is 5.46. The fourth-order valence-electron chi connectivity index (χ4n) is 2.32. The van der Waals surface area contributed by atoms with Crippen LogP contribution in [0.2, 0.25) is 0 Å². The van der Waals surface area contributed by atoms with Gasteiger partial charge in [-0.2, -0.15) is 13.2 Å². The van der Waals surface area contributed by atoms with E-state index in [0.29, 0.717) is 32.1 Å². The van der Waals surface area contributed by atoms with E-state index >= 15 is 0 Å². The largest absolute Gasteiger partial charge is 0.416 e. The standard InChI is InChI=1S/C13H15F4NO/c14-11-6-9(5-10(7-11)13(15,16)17)12(18)8-1-3-19-4-2-8/h5-8,12H,1-4,18H2/t12-/m0/s1. The fraction of sp³-hybridized carbons (Fsp3) is 0.538. The summed E-state index contributed by atoms with van der Waals surface area (Å²) in [5.74, 6) is -0.885. The molecule has 0 radical (unpaired) electrons. The van der Waals surface area contributed by atoms with Gasteiger partial charge < -0.3 is 10.5 Å². The van der Waals surface area contributed by atoms with E-state index in [2.05, 4.69) is 0 Å². The Morgan fingerprint density at radius 3 is 2.37 bits per heavy atom. The number of rotatable bonds is 2. The highest BCUT2D eigenvalue weighted by Gasteiger charge is 2.32. The van der Waals surface area contributed by atoms with Gasteiger partial charge in [-0.15, -0.1) is 0 Å². The molecule has 2 N–H and O–H groups in total. The smallest absolute Gasteiger partial charge is 0.381 e. The second-order valence-corrected chi connectivity index (χ2v) is 4.75. The summed E-state index contributed by atoms with van der Waals surface area (Å²) in [6.45, 7) is 1.08. The highest BCUT2D eigenvalue weighted by Crippen LogP contribution is 2.34. The lowest BCUT2D eigenvalue weighted by molar-refractivity contribution is -0.137. The van der Waals surface area contributed by atoms with Crippen molar-refractivity contribution in [2.75, 3.05) is 13.2 Å². The average molecular weight is 277 g/mol. The Balaban J connectivity index is 2.26. The molecule has 0 bridgehead atoms. The van der Waals surface area contributed by atoms with Crippen molar-refractivity contribution in [1.29, 1.82) is 0 Å². The predicted molar refractivity (Wildman–Crippen MR) is 61.9 cm³/mol. The maximum absolute atomic E-state index is 13.3. The lowest BCUT2D eigenvalue weighted by Gasteiger charge is -2.28. The minimum Gasteiger partial charge on any atom is -0.381 e. The van der Waals surface area contributed by atoms with Crippen LogP contribution in [0.15, 0.2) is 18.2 Å². The Hall–Kier alpha value is -1.14. The van der Waals surface area contributed by atoms with Gasteiger partial charge in [-0.3, -0.25) is 0 Å². The van der Waals surface area contributed by atoms with Gasteiger partial charge in [0, 0.05) is 19.3 Å². The summed E-state index contributed by atoms with van der Waals surface area (Å²) >= 11 is 0. The molecular formula is C13H15F4NO. The van der Waals surface area contributed by atoms with Crippen molar-refractivity contribution in [2.45, 2.75) is 25.1 Å². The van der Waals surface area contributed by atoms with Crippen molar-refractivity contribution in [2.24, 2.45) is 11.7 Å². The molecule has 0 saturated carbocycles. The summed E-state index contributed by atoms with van der Waals surface area (Å²) < 4.78 is 56.4. The molecule has 1 fully saturated rings. The van der Waals surface area contributed by atoms with Gasteiger partial charge in [-0.25, -0.2) is 4.39 Å². The third-order valence-electron chi connectivity index (χ3n) is 3.41. The van der Waals surface area contributed by atoms with Gasteiger partial charge in [0.2, 0.25) is 0 Å². The second-order valence-electron chi connectivity index (χ2n) is 4.75. The molecule has 2 nitrogen and oxygen atoms in total. The molecule has 1 saturated heterocycles. The number of alkyl halides is 3. The molecule has 0 aliphatic carbocycles. The van der Waals surface area contributed by atoms with E-state index < -0.39 is 23.6 Å². The number of hydrogen-bond acceptors (Lipinski definition) is 2. The van der Waals surface area contributed by atoms with Crippen molar-refractivity contribution in [3.63, 3.8) is 0 Å². The van der Waals surface area contributed by atoms with Gasteiger partial charge in [0.1, 0.15) is 5.82 Å². The van der Waals surface area contributed by atoms with Gasteiger partial charge >= 0.3 is 6.18 Å². The molecule has 0 unspecified atom stereocenters. The Bertz CT molecular complexity index is 441. The quantitative estimate of drug-likeness (QED) is 0.842. The Morgan fingerprint density at radius 2 is 1.79 bits per heavy atom. The highest BCUT2D eigenvalue weighted by atomic mass is 19.4. The van der Waals surface area contributed by atoms with Crippen LogP contribution in [0.1, 0.15) is 30.0 Å². The van der Waals surface area contributed by atoms with Crippen molar-refractivity contribution in [1.82, 2.24) is 0 Å². The normalized spacial score (nSPS) is 19.4. The van der Waals surface area contributed by atoms with Crippen LogP contribution in [0.3, 0.4) is 0 Å². The zero-order valence-corrected chi connectivity index (χ0v) is 10.2. The Morgan fingerprint density at radius 1 is 1.16 bits per heavy atom. The molecular weight excluding hydrogens is 262 g/mol. The van der Waals surface area contributed by atoms with E-state index in [-0.39, 0.29) is 11.5 Å². The molecule has 0 spiro atoms. The Kier molecular flexibility index (Phi) is 4.10. The fourth-order valence-corrected chi connectivity index (χ4v) is 2.32. The number of hydrogen-bond donors (Lipinski definition) is 1. The van der Waals surface area contributed by atoms with Crippen LogP contribution in [0, 0.1) is 11.7 Å². The molecule has 1 aromatic rings. The number of nitrogens with two attached hydrogens (primary N) is 1. The number of ether oxygens (including phenoxy) is 1. The van der Waals surface area contributed by atoms with Crippen molar-refractivity contribution in [3.8, 4) is 0 Å². The minimum absolute atomic E-state index is 0.0247. The van der Waals surface area contributed by atoms with Crippen molar-refractivity contribution in [3.05, 3.63) is 35.1 Å². The zero-order valence-electron chi connectivity index (χ0n) is 10.2. The monoisotopic (exact) mass is 277 g/mol. The summed E-state index contributed by atoms with van der Waals surface area (Å²) in [4.78, 5) is 0. The summed E-state index contributed by atoms with van der Waals surface area (Å²) in [6.07, 6.45) is -3.20. The first-order valence-electron chi connectivity index (χ1n) is 6.09. The van der Waals surface area contributed by atoms with E-state index in [1.165, 1.54) is 0 Å². The number of halogens is 4. The molecule has 0 amide bonds. The predicted octanol–water partition coefficient (Wildman–Crippen LogP) is 3.27. The van der Waals surface area contributed by atoms with Crippen LogP contribution in [0.25, 0.3) is 0 Å². The summed E-state index contributed by atoms with van der Waals surface area (Å²) in [6, 6.07) is 1.90. The van der Waals surface area contributed by atoms with Crippen LogP contribution >= 0.6 is 0 Å². The summed E-state index contributed by atoms with van der Waals surface area (Å²) in [5.41, 5.74) is 5.16. The third kappa shape index (κ3) is 3.45. The van der Waals surface area contributed by atoms with Gasteiger partial charge in [0.15, 0.2) is 0 Å². The van der Waals surface area contributed by atoms with E-state index in [0.717, 1.165) is 12.1 Å². The van der Waals surface area contributed by atoms with Crippen LogP contribution in [0.4, 0.5) is 17.6 Å². The summed E-state index contributed by atoms with van der Waals surface area (Å²) in [7, 11) is 0. The molecule has 19 heavy (non-hydrogen) atoms. The highest BCUT2D eigenvalue weighted by molar-refractivity contribution is 5.29. The molecule has 1 aliphatic rings. The molecule has 6 heteroatoms. The minimum atomic E-state index is -4.56. The lowest BCUT2D eigenvalue weighted by Crippen LogP contribution is -2.27. The van der Waals surface area contributed by atoms with E-state index in [1.54, 1.807) is 0 Å². The zero-order chi connectivity index (χ0) is 14.0. The molecule has 106 valence electrons. The molecule has 2 rings (SSSR count). The molecule has 0 aromatic heterocycles. The molecule has 1 aromatic carbocycles. The summed E-state index contributed by atoms with van der Waals surface area (Å²) in [5, 5.41) is 0. The van der Waals surface area contributed by atoms with Crippen molar-refractivity contribution >= 4 is 0 Å². The van der Waals surface area contributed by atoms with Gasteiger partial charge in [0.05, 0.1) is 5.56 Å². The van der Waals surface area contributed by atoms with Crippen LogP contribution in [0.5, 0.6) is 0 Å². The topological polar surface area (TPSA) is 35.2 Å². The third-order valence-corrected chi connectivity index (χ3v) is 3.41.